The first-order valence-electron chi connectivity index (χ1n) is 6.63. The van der Waals surface area contributed by atoms with Crippen LogP contribution in [-0.4, -0.2) is 22.5 Å². The normalized spacial score (nSPS) is 17.6. The summed E-state index contributed by atoms with van der Waals surface area (Å²) in [6.45, 7) is 4.44. The molecular weight excluding hydrogens is 276 g/mol. The molecule has 0 N–H and O–H groups in total. The number of hydrogen-bond donors (Lipinski definition) is 0. The summed E-state index contributed by atoms with van der Waals surface area (Å²) in [5.74, 6) is 0. The molecule has 0 aromatic carbocycles. The lowest BCUT2D eigenvalue weighted by atomic mass is 9.94. The van der Waals surface area contributed by atoms with E-state index in [2.05, 4.69) is 38.8 Å². The van der Waals surface area contributed by atoms with Crippen LogP contribution >= 0.6 is 15.9 Å². The van der Waals surface area contributed by atoms with Crippen LogP contribution in [0.25, 0.3) is 0 Å². The predicted octanol–water partition coefficient (Wildman–Crippen LogP) is 4.00. The average molecular weight is 297 g/mol. The fourth-order valence-corrected chi connectivity index (χ4v) is 3.13. The van der Waals surface area contributed by atoms with Crippen molar-refractivity contribution in [3.8, 4) is 0 Å². The minimum absolute atomic E-state index is 0.785. The van der Waals surface area contributed by atoms with Crippen molar-refractivity contribution in [1.82, 2.24) is 9.88 Å². The lowest BCUT2D eigenvalue weighted by Gasteiger charge is -2.33. The van der Waals surface area contributed by atoms with Crippen molar-refractivity contribution in [2.75, 3.05) is 6.54 Å². The molecule has 1 aromatic heterocycles. The standard InChI is InChI=1S/C14H21BrN2/c1-2-17(14-6-4-3-5-7-14)11-12-8-13(15)10-16-9-12/h8-10,14H,2-7,11H2,1H3. The van der Waals surface area contributed by atoms with Gasteiger partial charge in [0.1, 0.15) is 0 Å². The highest BCUT2D eigenvalue weighted by Gasteiger charge is 2.19. The molecule has 0 amide bonds. The first-order chi connectivity index (χ1) is 8.29. The number of pyridine rings is 1. The van der Waals surface area contributed by atoms with Crippen LogP contribution in [0.3, 0.4) is 0 Å². The fraction of sp³-hybridized carbons (Fsp3) is 0.643. The molecule has 1 heterocycles. The zero-order valence-corrected chi connectivity index (χ0v) is 12.1. The Balaban J connectivity index is 1.98. The Morgan fingerprint density at radius 1 is 1.29 bits per heavy atom. The van der Waals surface area contributed by atoms with Gasteiger partial charge in [-0.2, -0.15) is 0 Å². The van der Waals surface area contributed by atoms with Crippen molar-refractivity contribution < 1.29 is 0 Å². The molecule has 0 atom stereocenters. The number of hydrogen-bond acceptors (Lipinski definition) is 2. The molecule has 2 nitrogen and oxygen atoms in total. The number of nitrogens with zero attached hydrogens (tertiary/aromatic N) is 2. The lowest BCUT2D eigenvalue weighted by molar-refractivity contribution is 0.156. The van der Waals surface area contributed by atoms with Crippen LogP contribution in [0.2, 0.25) is 0 Å². The molecule has 1 aliphatic rings. The Bertz CT molecular complexity index is 348. The molecule has 1 aliphatic carbocycles. The second-order valence-electron chi connectivity index (χ2n) is 4.87. The van der Waals surface area contributed by atoms with Crippen LogP contribution in [0, 0.1) is 0 Å². The summed E-state index contributed by atoms with van der Waals surface area (Å²) < 4.78 is 1.08. The molecule has 3 heteroatoms. The van der Waals surface area contributed by atoms with Crippen molar-refractivity contribution in [1.29, 1.82) is 0 Å². The SMILES string of the molecule is CCN(Cc1cncc(Br)c1)C1CCCCC1. The third-order valence-corrected chi connectivity index (χ3v) is 4.08. The molecule has 0 saturated heterocycles. The van der Waals surface area contributed by atoms with Crippen molar-refractivity contribution in [3.05, 3.63) is 28.5 Å². The molecular formula is C14H21BrN2. The monoisotopic (exact) mass is 296 g/mol. The van der Waals surface area contributed by atoms with Crippen LogP contribution in [0.4, 0.5) is 0 Å². The molecule has 0 spiro atoms. The lowest BCUT2D eigenvalue weighted by Crippen LogP contribution is -2.36. The number of halogens is 1. The summed E-state index contributed by atoms with van der Waals surface area (Å²) in [5, 5.41) is 0. The van der Waals surface area contributed by atoms with E-state index in [1.54, 1.807) is 0 Å². The third-order valence-electron chi connectivity index (χ3n) is 3.64. The molecule has 0 radical (unpaired) electrons. The van der Waals surface area contributed by atoms with Gasteiger partial charge < -0.3 is 0 Å². The summed E-state index contributed by atoms with van der Waals surface area (Å²) >= 11 is 3.49. The van der Waals surface area contributed by atoms with Gasteiger partial charge in [0, 0.05) is 29.5 Å². The Kier molecular flexibility index (Phi) is 4.99. The van der Waals surface area contributed by atoms with E-state index in [9.17, 15) is 0 Å². The van der Waals surface area contributed by atoms with Crippen LogP contribution in [0.5, 0.6) is 0 Å². The van der Waals surface area contributed by atoms with E-state index in [0.717, 1.165) is 23.6 Å². The van der Waals surface area contributed by atoms with Gasteiger partial charge in [-0.1, -0.05) is 26.2 Å². The van der Waals surface area contributed by atoms with Gasteiger partial charge in [-0.05, 0) is 46.9 Å². The van der Waals surface area contributed by atoms with E-state index < -0.39 is 0 Å². The smallest absolute Gasteiger partial charge is 0.0410 e. The van der Waals surface area contributed by atoms with E-state index in [1.807, 2.05) is 12.4 Å². The number of aromatic nitrogens is 1. The molecule has 1 fully saturated rings. The van der Waals surface area contributed by atoms with Gasteiger partial charge in [-0.15, -0.1) is 0 Å². The Hall–Kier alpha value is -0.410. The zero-order chi connectivity index (χ0) is 12.1. The highest BCUT2D eigenvalue weighted by molar-refractivity contribution is 9.10. The van der Waals surface area contributed by atoms with Gasteiger partial charge in [0.2, 0.25) is 0 Å². The minimum Gasteiger partial charge on any atom is -0.296 e. The Labute approximate surface area is 113 Å². The summed E-state index contributed by atoms with van der Waals surface area (Å²) in [5.41, 5.74) is 1.31. The summed E-state index contributed by atoms with van der Waals surface area (Å²) in [6, 6.07) is 2.96. The van der Waals surface area contributed by atoms with Crippen molar-refractivity contribution >= 4 is 15.9 Å². The number of rotatable bonds is 4. The van der Waals surface area contributed by atoms with Gasteiger partial charge in [0.25, 0.3) is 0 Å². The van der Waals surface area contributed by atoms with E-state index >= 15 is 0 Å². The molecule has 2 rings (SSSR count). The van der Waals surface area contributed by atoms with Crippen molar-refractivity contribution in [2.24, 2.45) is 0 Å². The maximum absolute atomic E-state index is 4.24. The van der Waals surface area contributed by atoms with E-state index in [0.29, 0.717) is 0 Å². The molecule has 0 aliphatic heterocycles. The molecule has 17 heavy (non-hydrogen) atoms. The van der Waals surface area contributed by atoms with Gasteiger partial charge in [-0.3, -0.25) is 9.88 Å². The van der Waals surface area contributed by atoms with Crippen LogP contribution in [0.15, 0.2) is 22.9 Å². The Morgan fingerprint density at radius 3 is 2.71 bits per heavy atom. The highest BCUT2D eigenvalue weighted by Crippen LogP contribution is 2.24. The van der Waals surface area contributed by atoms with E-state index in [-0.39, 0.29) is 0 Å². The van der Waals surface area contributed by atoms with Crippen LogP contribution < -0.4 is 0 Å². The van der Waals surface area contributed by atoms with Gasteiger partial charge in [0.15, 0.2) is 0 Å². The fourth-order valence-electron chi connectivity index (χ4n) is 2.72. The molecule has 94 valence electrons. The van der Waals surface area contributed by atoms with E-state index in [4.69, 9.17) is 0 Å². The molecule has 0 unspecified atom stereocenters. The maximum Gasteiger partial charge on any atom is 0.0410 e. The van der Waals surface area contributed by atoms with Gasteiger partial charge >= 0.3 is 0 Å². The molecule has 1 aromatic rings. The maximum atomic E-state index is 4.24. The summed E-state index contributed by atoms with van der Waals surface area (Å²) in [7, 11) is 0. The topological polar surface area (TPSA) is 16.1 Å². The van der Waals surface area contributed by atoms with Crippen molar-refractivity contribution in [2.45, 2.75) is 51.6 Å². The van der Waals surface area contributed by atoms with Crippen LogP contribution in [-0.2, 0) is 6.54 Å². The predicted molar refractivity (Wildman–Crippen MR) is 74.9 cm³/mol. The summed E-state index contributed by atoms with van der Waals surface area (Å²) in [4.78, 5) is 6.84. The molecule has 0 bridgehead atoms. The quantitative estimate of drug-likeness (QED) is 0.835. The second-order valence-corrected chi connectivity index (χ2v) is 5.78. The Morgan fingerprint density at radius 2 is 2.06 bits per heavy atom. The summed E-state index contributed by atoms with van der Waals surface area (Å²) in [6.07, 6.45) is 10.8. The average Bonchev–Trinajstić information content (AvgIpc) is 2.37. The van der Waals surface area contributed by atoms with Gasteiger partial charge in [0.05, 0.1) is 0 Å². The van der Waals surface area contributed by atoms with E-state index in [1.165, 1.54) is 37.7 Å². The van der Waals surface area contributed by atoms with Crippen LogP contribution in [0.1, 0.15) is 44.6 Å². The zero-order valence-electron chi connectivity index (χ0n) is 10.5. The first-order valence-corrected chi connectivity index (χ1v) is 7.42. The second kappa shape index (κ2) is 6.50. The first kappa shape index (κ1) is 13.0. The highest BCUT2D eigenvalue weighted by atomic mass is 79.9. The van der Waals surface area contributed by atoms with Gasteiger partial charge in [-0.25, -0.2) is 0 Å². The molecule has 1 saturated carbocycles. The third kappa shape index (κ3) is 3.78. The largest absolute Gasteiger partial charge is 0.296 e. The minimum atomic E-state index is 0.785. The van der Waals surface area contributed by atoms with Crippen molar-refractivity contribution in [3.63, 3.8) is 0 Å².